The number of carbonyl (C=O) groups is 1. The Kier molecular flexibility index (Phi) is 4.22. The number of carbonyl (C=O) groups excluding carboxylic acids is 1. The van der Waals surface area contributed by atoms with Crippen LogP contribution in [0.2, 0.25) is 0 Å². The number of ether oxygens (including phenoxy) is 1. The molecule has 6 heteroatoms. The van der Waals surface area contributed by atoms with Crippen LogP contribution in [0.15, 0.2) is 6.33 Å². The molecule has 6 nitrogen and oxygen atoms in total. The van der Waals surface area contributed by atoms with Gasteiger partial charge in [0.15, 0.2) is 0 Å². The van der Waals surface area contributed by atoms with Gasteiger partial charge in [-0.3, -0.25) is 0 Å². The third-order valence-electron chi connectivity index (χ3n) is 4.17. The quantitative estimate of drug-likeness (QED) is 0.828. The molecule has 0 radical (unpaired) electrons. The van der Waals surface area contributed by atoms with E-state index in [0.29, 0.717) is 13.2 Å². The fraction of sp³-hybridized carbons (Fsp3) is 0.667. The lowest BCUT2D eigenvalue weighted by molar-refractivity contribution is 0.110. The largest absolute Gasteiger partial charge is 0.450 e. The predicted octanol–water partition coefficient (Wildman–Crippen LogP) is 1.63. The molecule has 1 aromatic heterocycles. The van der Waals surface area contributed by atoms with E-state index in [4.69, 9.17) is 4.74 Å². The predicted molar refractivity (Wildman–Crippen MR) is 79.5 cm³/mol. The van der Waals surface area contributed by atoms with Gasteiger partial charge >= 0.3 is 6.09 Å². The van der Waals surface area contributed by atoms with Gasteiger partial charge in [-0.15, -0.1) is 0 Å². The van der Waals surface area contributed by atoms with E-state index in [1.807, 2.05) is 6.92 Å². The average Bonchev–Trinajstić information content (AvgIpc) is 2.84. The first-order chi connectivity index (χ1) is 10.3. The monoisotopic (exact) mass is 290 g/mol. The van der Waals surface area contributed by atoms with E-state index in [-0.39, 0.29) is 6.09 Å². The summed E-state index contributed by atoms with van der Waals surface area (Å²) in [6.45, 7) is 5.45. The number of aromatic nitrogens is 2. The van der Waals surface area contributed by atoms with Gasteiger partial charge in [0.05, 0.1) is 6.61 Å². The van der Waals surface area contributed by atoms with E-state index >= 15 is 0 Å². The summed E-state index contributed by atoms with van der Waals surface area (Å²) in [5.74, 6) is 1.07. The zero-order valence-electron chi connectivity index (χ0n) is 12.5. The van der Waals surface area contributed by atoms with Crippen LogP contribution < -0.4 is 4.90 Å². The fourth-order valence-electron chi connectivity index (χ4n) is 3.14. The maximum absolute atomic E-state index is 11.8. The van der Waals surface area contributed by atoms with Crippen molar-refractivity contribution in [2.24, 2.45) is 0 Å². The molecular formula is C15H22N4O2. The van der Waals surface area contributed by atoms with Gasteiger partial charge in [-0.25, -0.2) is 14.8 Å². The maximum atomic E-state index is 11.8. The second-order valence-corrected chi connectivity index (χ2v) is 5.50. The molecule has 0 spiro atoms. The van der Waals surface area contributed by atoms with E-state index in [1.165, 1.54) is 17.7 Å². The smallest absolute Gasteiger partial charge is 0.409 e. The number of hydrogen-bond donors (Lipinski definition) is 0. The van der Waals surface area contributed by atoms with Crippen LogP contribution in [-0.4, -0.2) is 53.7 Å². The third kappa shape index (κ3) is 2.94. The summed E-state index contributed by atoms with van der Waals surface area (Å²) in [5.41, 5.74) is 2.51. The summed E-state index contributed by atoms with van der Waals surface area (Å²) in [6.07, 6.45) is 5.72. The van der Waals surface area contributed by atoms with Crippen molar-refractivity contribution in [2.45, 2.75) is 32.6 Å². The van der Waals surface area contributed by atoms with Crippen LogP contribution in [0.25, 0.3) is 0 Å². The van der Waals surface area contributed by atoms with Crippen LogP contribution >= 0.6 is 0 Å². The summed E-state index contributed by atoms with van der Waals surface area (Å²) in [6, 6.07) is 0. The van der Waals surface area contributed by atoms with Crippen LogP contribution in [0.5, 0.6) is 0 Å². The molecule has 1 saturated heterocycles. The highest BCUT2D eigenvalue weighted by molar-refractivity contribution is 5.67. The molecule has 0 unspecified atom stereocenters. The standard InChI is InChI=1S/C15H22N4O2/c1-2-21-15(20)19-8-4-7-18(9-10-19)14-12-5-3-6-13(12)16-11-17-14/h11H,2-10H2,1H3. The molecule has 0 saturated carbocycles. The molecule has 0 aromatic carbocycles. The van der Waals surface area contributed by atoms with Crippen molar-refractivity contribution in [3.63, 3.8) is 0 Å². The Labute approximate surface area is 125 Å². The highest BCUT2D eigenvalue weighted by Gasteiger charge is 2.24. The van der Waals surface area contributed by atoms with Crippen LogP contribution in [0, 0.1) is 0 Å². The molecule has 114 valence electrons. The molecule has 3 rings (SSSR count). The molecule has 1 aliphatic carbocycles. The van der Waals surface area contributed by atoms with E-state index in [2.05, 4.69) is 14.9 Å². The van der Waals surface area contributed by atoms with Gasteiger partial charge in [0, 0.05) is 37.4 Å². The Morgan fingerprint density at radius 1 is 1.19 bits per heavy atom. The van der Waals surface area contributed by atoms with Crippen LogP contribution in [0.1, 0.15) is 31.0 Å². The second-order valence-electron chi connectivity index (χ2n) is 5.50. The Balaban J connectivity index is 1.71. The molecular weight excluding hydrogens is 268 g/mol. The third-order valence-corrected chi connectivity index (χ3v) is 4.17. The number of aryl methyl sites for hydroxylation is 1. The molecule has 0 bridgehead atoms. The first-order valence-corrected chi connectivity index (χ1v) is 7.79. The first kappa shape index (κ1) is 14.1. The topological polar surface area (TPSA) is 58.6 Å². The van der Waals surface area contributed by atoms with Crippen molar-refractivity contribution >= 4 is 11.9 Å². The number of anilines is 1. The number of fused-ring (bicyclic) bond motifs is 1. The lowest BCUT2D eigenvalue weighted by Crippen LogP contribution is -2.36. The van der Waals surface area contributed by atoms with Gasteiger partial charge in [-0.1, -0.05) is 0 Å². The summed E-state index contributed by atoms with van der Waals surface area (Å²) < 4.78 is 5.09. The van der Waals surface area contributed by atoms with Crippen molar-refractivity contribution in [3.8, 4) is 0 Å². The van der Waals surface area contributed by atoms with Gasteiger partial charge in [0.1, 0.15) is 12.1 Å². The molecule has 2 heterocycles. The molecule has 1 aromatic rings. The van der Waals surface area contributed by atoms with E-state index in [0.717, 1.165) is 44.7 Å². The number of rotatable bonds is 2. The van der Waals surface area contributed by atoms with Gasteiger partial charge in [0.25, 0.3) is 0 Å². The minimum atomic E-state index is -0.202. The van der Waals surface area contributed by atoms with Crippen molar-refractivity contribution in [1.82, 2.24) is 14.9 Å². The molecule has 1 aliphatic heterocycles. The summed E-state index contributed by atoms with van der Waals surface area (Å²) in [4.78, 5) is 24.8. The van der Waals surface area contributed by atoms with E-state index in [1.54, 1.807) is 11.2 Å². The number of hydrogen-bond acceptors (Lipinski definition) is 5. The van der Waals surface area contributed by atoms with Crippen molar-refractivity contribution in [3.05, 3.63) is 17.6 Å². The van der Waals surface area contributed by atoms with Crippen LogP contribution in [0.4, 0.5) is 10.6 Å². The zero-order chi connectivity index (χ0) is 14.7. The molecule has 21 heavy (non-hydrogen) atoms. The summed E-state index contributed by atoms with van der Waals surface area (Å²) in [7, 11) is 0. The Hall–Kier alpha value is -1.85. The molecule has 2 aliphatic rings. The summed E-state index contributed by atoms with van der Waals surface area (Å²) in [5, 5.41) is 0. The molecule has 1 amide bonds. The van der Waals surface area contributed by atoms with Crippen molar-refractivity contribution in [2.75, 3.05) is 37.7 Å². The highest BCUT2D eigenvalue weighted by atomic mass is 16.6. The van der Waals surface area contributed by atoms with Crippen LogP contribution in [0.3, 0.4) is 0 Å². The van der Waals surface area contributed by atoms with Gasteiger partial charge in [-0.05, 0) is 32.6 Å². The minimum Gasteiger partial charge on any atom is -0.450 e. The average molecular weight is 290 g/mol. The number of amides is 1. The Bertz CT molecular complexity index is 520. The van der Waals surface area contributed by atoms with E-state index < -0.39 is 0 Å². The SMILES string of the molecule is CCOC(=O)N1CCCN(c2ncnc3c2CCC3)CC1. The Morgan fingerprint density at radius 3 is 2.95 bits per heavy atom. The van der Waals surface area contributed by atoms with Gasteiger partial charge < -0.3 is 14.5 Å². The first-order valence-electron chi connectivity index (χ1n) is 7.79. The lowest BCUT2D eigenvalue weighted by Gasteiger charge is -2.24. The fourth-order valence-corrected chi connectivity index (χ4v) is 3.14. The zero-order valence-corrected chi connectivity index (χ0v) is 12.5. The van der Waals surface area contributed by atoms with Gasteiger partial charge in [-0.2, -0.15) is 0 Å². The van der Waals surface area contributed by atoms with Gasteiger partial charge in [0.2, 0.25) is 0 Å². The lowest BCUT2D eigenvalue weighted by atomic mass is 10.2. The maximum Gasteiger partial charge on any atom is 0.409 e. The molecule has 0 atom stereocenters. The second kappa shape index (κ2) is 6.28. The normalized spacial score (nSPS) is 18.3. The number of nitrogens with zero attached hydrogens (tertiary/aromatic N) is 4. The van der Waals surface area contributed by atoms with Crippen molar-refractivity contribution < 1.29 is 9.53 Å². The van der Waals surface area contributed by atoms with E-state index in [9.17, 15) is 4.79 Å². The molecule has 0 N–H and O–H groups in total. The Morgan fingerprint density at radius 2 is 2.10 bits per heavy atom. The highest BCUT2D eigenvalue weighted by Crippen LogP contribution is 2.28. The minimum absolute atomic E-state index is 0.202. The van der Waals surface area contributed by atoms with Crippen molar-refractivity contribution in [1.29, 1.82) is 0 Å². The van der Waals surface area contributed by atoms with Crippen LogP contribution in [-0.2, 0) is 17.6 Å². The summed E-state index contributed by atoms with van der Waals surface area (Å²) >= 11 is 0. The molecule has 1 fully saturated rings.